The number of carbonyl (C=O) groups excluding carboxylic acids is 1. The maximum Gasteiger partial charge on any atom is 0.317 e. The van der Waals surface area contributed by atoms with Gasteiger partial charge in [0.05, 0.1) is 12.6 Å². The molecular weight excluding hydrogens is 144 g/mol. The van der Waals surface area contributed by atoms with Gasteiger partial charge in [-0.05, 0) is 12.8 Å². The van der Waals surface area contributed by atoms with Crippen LogP contribution in [-0.4, -0.2) is 42.3 Å². The van der Waals surface area contributed by atoms with E-state index >= 15 is 0 Å². The highest BCUT2D eigenvalue weighted by atomic mass is 16.3. The van der Waals surface area contributed by atoms with Crippen molar-refractivity contribution in [3.05, 3.63) is 0 Å². The van der Waals surface area contributed by atoms with Crippen LogP contribution in [-0.2, 0) is 0 Å². The molecule has 1 heterocycles. The van der Waals surface area contributed by atoms with Crippen LogP contribution in [0.25, 0.3) is 0 Å². The standard InChI is InChI=1S/C7H14N2O2/c1-8-7(11)9-4-2-3-6(9)5-10/h6,10H,2-5H2,1H3,(H,8,11)/t6-/m1/s1. The van der Waals surface area contributed by atoms with E-state index in [1.165, 1.54) is 0 Å². The number of amides is 2. The normalized spacial score (nSPS) is 23.8. The number of hydrogen-bond acceptors (Lipinski definition) is 2. The Kier molecular flexibility index (Phi) is 2.70. The molecule has 1 aliphatic heterocycles. The minimum absolute atomic E-state index is 0.0370. The molecule has 0 aromatic carbocycles. The van der Waals surface area contributed by atoms with Crippen LogP contribution in [0.3, 0.4) is 0 Å². The predicted molar refractivity (Wildman–Crippen MR) is 41.3 cm³/mol. The first-order chi connectivity index (χ1) is 5.29. The first-order valence-corrected chi connectivity index (χ1v) is 3.88. The van der Waals surface area contributed by atoms with Crippen LogP contribution in [0.15, 0.2) is 0 Å². The fraction of sp³-hybridized carbons (Fsp3) is 0.857. The SMILES string of the molecule is CNC(=O)N1CCC[C@@H]1CO. The van der Waals surface area contributed by atoms with E-state index in [1.54, 1.807) is 11.9 Å². The van der Waals surface area contributed by atoms with Crippen molar-refractivity contribution in [3.8, 4) is 0 Å². The zero-order chi connectivity index (χ0) is 8.27. The lowest BCUT2D eigenvalue weighted by molar-refractivity contribution is 0.158. The molecule has 11 heavy (non-hydrogen) atoms. The van der Waals surface area contributed by atoms with Crippen molar-refractivity contribution in [3.63, 3.8) is 0 Å². The van der Waals surface area contributed by atoms with E-state index < -0.39 is 0 Å². The molecule has 0 unspecified atom stereocenters. The Balaban J connectivity index is 2.49. The number of nitrogens with one attached hydrogen (secondary N) is 1. The third-order valence-corrected chi connectivity index (χ3v) is 2.06. The van der Waals surface area contributed by atoms with Gasteiger partial charge in [0.1, 0.15) is 0 Å². The Morgan fingerprint density at radius 3 is 3.09 bits per heavy atom. The quantitative estimate of drug-likeness (QED) is 0.554. The summed E-state index contributed by atoms with van der Waals surface area (Å²) in [5.41, 5.74) is 0. The van der Waals surface area contributed by atoms with Crippen LogP contribution in [0.4, 0.5) is 4.79 Å². The molecular formula is C7H14N2O2. The van der Waals surface area contributed by atoms with Crippen LogP contribution < -0.4 is 5.32 Å². The van der Waals surface area contributed by atoms with Gasteiger partial charge in [-0.1, -0.05) is 0 Å². The van der Waals surface area contributed by atoms with Crippen molar-refractivity contribution in [2.45, 2.75) is 18.9 Å². The van der Waals surface area contributed by atoms with Crippen molar-refractivity contribution in [1.29, 1.82) is 0 Å². The molecule has 0 aliphatic carbocycles. The first-order valence-electron chi connectivity index (χ1n) is 3.88. The number of nitrogens with zero attached hydrogens (tertiary/aromatic N) is 1. The second-order valence-corrected chi connectivity index (χ2v) is 2.73. The molecule has 0 aromatic rings. The molecule has 0 saturated carbocycles. The average Bonchev–Trinajstić information content (AvgIpc) is 2.50. The Morgan fingerprint density at radius 2 is 2.55 bits per heavy atom. The van der Waals surface area contributed by atoms with Crippen LogP contribution in [0.1, 0.15) is 12.8 Å². The van der Waals surface area contributed by atoms with Crippen molar-refractivity contribution < 1.29 is 9.90 Å². The highest BCUT2D eigenvalue weighted by molar-refractivity contribution is 5.74. The molecule has 0 aromatic heterocycles. The zero-order valence-corrected chi connectivity index (χ0v) is 6.71. The highest BCUT2D eigenvalue weighted by Gasteiger charge is 2.26. The largest absolute Gasteiger partial charge is 0.394 e. The van der Waals surface area contributed by atoms with E-state index in [4.69, 9.17) is 5.11 Å². The molecule has 1 rings (SSSR count). The summed E-state index contributed by atoms with van der Waals surface area (Å²) in [7, 11) is 1.61. The van der Waals surface area contributed by atoms with Gasteiger partial charge >= 0.3 is 6.03 Å². The number of rotatable bonds is 1. The number of likely N-dealkylation sites (tertiary alicyclic amines) is 1. The van der Waals surface area contributed by atoms with Crippen molar-refractivity contribution in [2.75, 3.05) is 20.2 Å². The van der Waals surface area contributed by atoms with E-state index in [9.17, 15) is 4.79 Å². The molecule has 4 nitrogen and oxygen atoms in total. The summed E-state index contributed by atoms with van der Waals surface area (Å²) >= 11 is 0. The van der Waals surface area contributed by atoms with Gasteiger partial charge in [0, 0.05) is 13.6 Å². The maximum atomic E-state index is 11.1. The summed E-state index contributed by atoms with van der Waals surface area (Å²) in [4.78, 5) is 12.8. The van der Waals surface area contributed by atoms with Crippen LogP contribution in [0.2, 0.25) is 0 Å². The molecule has 1 fully saturated rings. The Morgan fingerprint density at radius 1 is 1.82 bits per heavy atom. The van der Waals surface area contributed by atoms with E-state index in [0.717, 1.165) is 19.4 Å². The fourth-order valence-corrected chi connectivity index (χ4v) is 1.44. The fourth-order valence-electron chi connectivity index (χ4n) is 1.44. The monoisotopic (exact) mass is 158 g/mol. The zero-order valence-electron chi connectivity index (χ0n) is 6.71. The van der Waals surface area contributed by atoms with Gasteiger partial charge in [-0.15, -0.1) is 0 Å². The Hall–Kier alpha value is -0.770. The Bertz CT molecular complexity index is 149. The third kappa shape index (κ3) is 1.63. The lowest BCUT2D eigenvalue weighted by Crippen LogP contribution is -2.42. The van der Waals surface area contributed by atoms with Crippen LogP contribution in [0.5, 0.6) is 0 Å². The number of hydrogen-bond donors (Lipinski definition) is 2. The Labute approximate surface area is 66.2 Å². The molecule has 1 aliphatic rings. The molecule has 0 spiro atoms. The van der Waals surface area contributed by atoms with Crippen LogP contribution in [0, 0.1) is 0 Å². The number of aliphatic hydroxyl groups is 1. The molecule has 1 atom stereocenters. The lowest BCUT2D eigenvalue weighted by atomic mass is 10.2. The molecule has 4 heteroatoms. The molecule has 1 saturated heterocycles. The van der Waals surface area contributed by atoms with Crippen LogP contribution >= 0.6 is 0 Å². The van der Waals surface area contributed by atoms with Crippen molar-refractivity contribution in [1.82, 2.24) is 10.2 Å². The van der Waals surface area contributed by atoms with Gasteiger partial charge in [0.15, 0.2) is 0 Å². The molecule has 0 radical (unpaired) electrons. The van der Waals surface area contributed by atoms with Crippen molar-refractivity contribution >= 4 is 6.03 Å². The van der Waals surface area contributed by atoms with Gasteiger partial charge in [0.2, 0.25) is 0 Å². The lowest BCUT2D eigenvalue weighted by Gasteiger charge is -2.21. The smallest absolute Gasteiger partial charge is 0.317 e. The van der Waals surface area contributed by atoms with Crippen molar-refractivity contribution in [2.24, 2.45) is 0 Å². The van der Waals surface area contributed by atoms with Gasteiger partial charge in [-0.2, -0.15) is 0 Å². The third-order valence-electron chi connectivity index (χ3n) is 2.06. The summed E-state index contributed by atoms with van der Waals surface area (Å²) < 4.78 is 0. The minimum atomic E-state index is -0.0819. The number of urea groups is 1. The minimum Gasteiger partial charge on any atom is -0.394 e. The summed E-state index contributed by atoms with van der Waals surface area (Å²) in [6, 6.07) is -0.0449. The average molecular weight is 158 g/mol. The summed E-state index contributed by atoms with van der Waals surface area (Å²) in [6.45, 7) is 0.846. The maximum absolute atomic E-state index is 11.1. The van der Waals surface area contributed by atoms with Gasteiger partial charge in [-0.25, -0.2) is 4.79 Å². The van der Waals surface area contributed by atoms with E-state index in [0.29, 0.717) is 0 Å². The van der Waals surface area contributed by atoms with Gasteiger partial charge in [-0.3, -0.25) is 0 Å². The first kappa shape index (κ1) is 8.33. The molecule has 2 N–H and O–H groups in total. The second-order valence-electron chi connectivity index (χ2n) is 2.73. The summed E-state index contributed by atoms with van der Waals surface area (Å²) in [6.07, 6.45) is 1.92. The summed E-state index contributed by atoms with van der Waals surface area (Å²) in [5, 5.41) is 11.4. The number of aliphatic hydroxyl groups excluding tert-OH is 1. The van der Waals surface area contributed by atoms with E-state index in [1.807, 2.05) is 0 Å². The summed E-state index contributed by atoms with van der Waals surface area (Å²) in [5.74, 6) is 0. The molecule has 64 valence electrons. The topological polar surface area (TPSA) is 52.6 Å². The van der Waals surface area contributed by atoms with Gasteiger partial charge in [0.25, 0.3) is 0 Å². The second kappa shape index (κ2) is 3.57. The number of carbonyl (C=O) groups is 1. The highest BCUT2D eigenvalue weighted by Crippen LogP contribution is 2.15. The molecule has 0 bridgehead atoms. The van der Waals surface area contributed by atoms with E-state index in [2.05, 4.69) is 5.32 Å². The molecule has 2 amide bonds. The van der Waals surface area contributed by atoms with Gasteiger partial charge < -0.3 is 15.3 Å². The predicted octanol–water partition coefficient (Wildman–Crippen LogP) is -0.217. The van der Waals surface area contributed by atoms with E-state index in [-0.39, 0.29) is 18.7 Å².